The summed E-state index contributed by atoms with van der Waals surface area (Å²) >= 11 is 0. The largest absolute Gasteiger partial charge is 0.480 e. The molecule has 0 aliphatic heterocycles. The van der Waals surface area contributed by atoms with Gasteiger partial charge in [-0.2, -0.15) is 0 Å². The highest BCUT2D eigenvalue weighted by Crippen LogP contribution is 2.22. The van der Waals surface area contributed by atoms with Crippen molar-refractivity contribution in [3.8, 4) is 0 Å². The van der Waals surface area contributed by atoms with Gasteiger partial charge in [-0.05, 0) is 43.0 Å². The predicted octanol–water partition coefficient (Wildman–Crippen LogP) is 0.966. The van der Waals surface area contributed by atoms with Gasteiger partial charge in [-0.3, -0.25) is 4.79 Å². The molecule has 1 unspecified atom stereocenters. The summed E-state index contributed by atoms with van der Waals surface area (Å²) in [5, 5.41) is 11.5. The maximum atomic E-state index is 12.1. The number of rotatable bonds is 7. The van der Waals surface area contributed by atoms with E-state index in [-0.39, 0.29) is 22.4 Å². The normalized spacial score (nSPS) is 16.1. The Hall–Kier alpha value is -1.93. The van der Waals surface area contributed by atoms with E-state index in [1.54, 1.807) is 13.8 Å². The minimum atomic E-state index is -3.57. The summed E-state index contributed by atoms with van der Waals surface area (Å²) in [5.41, 5.74) is 0.210. The quantitative estimate of drug-likeness (QED) is 0.684. The number of hydrogen-bond donors (Lipinski definition) is 3. The lowest BCUT2D eigenvalue weighted by molar-refractivity contribution is -0.140. The number of carboxylic acid groups (broad SMARTS) is 1. The SMILES string of the molecule is CC(C)C(NC(=O)c1ccc(S(=O)(=O)NC2CC2)cc1)C(=O)O. The third-order valence-corrected chi connectivity index (χ3v) is 5.08. The van der Waals surface area contributed by atoms with Crippen molar-refractivity contribution in [2.75, 3.05) is 0 Å². The van der Waals surface area contributed by atoms with E-state index < -0.39 is 27.9 Å². The van der Waals surface area contributed by atoms with Crippen molar-refractivity contribution in [1.29, 1.82) is 0 Å². The first kappa shape index (κ1) is 17.4. The lowest BCUT2D eigenvalue weighted by Crippen LogP contribution is -2.44. The summed E-state index contributed by atoms with van der Waals surface area (Å²) in [7, 11) is -3.57. The van der Waals surface area contributed by atoms with E-state index in [1.807, 2.05) is 0 Å². The zero-order chi connectivity index (χ0) is 17.2. The molecule has 1 aromatic rings. The first-order chi connectivity index (χ1) is 10.7. The van der Waals surface area contributed by atoms with Crippen LogP contribution in [-0.4, -0.2) is 37.5 Å². The number of aliphatic carboxylic acids is 1. The van der Waals surface area contributed by atoms with E-state index in [9.17, 15) is 18.0 Å². The van der Waals surface area contributed by atoms with Crippen LogP contribution in [0, 0.1) is 5.92 Å². The molecule has 7 nitrogen and oxygen atoms in total. The zero-order valence-corrected chi connectivity index (χ0v) is 13.8. The highest BCUT2D eigenvalue weighted by atomic mass is 32.2. The molecule has 0 radical (unpaired) electrons. The number of carboxylic acids is 1. The molecule has 0 heterocycles. The molecule has 126 valence electrons. The van der Waals surface area contributed by atoms with Crippen molar-refractivity contribution in [3.63, 3.8) is 0 Å². The molecule has 1 fully saturated rings. The van der Waals surface area contributed by atoms with Crippen LogP contribution in [-0.2, 0) is 14.8 Å². The molecule has 0 spiro atoms. The lowest BCUT2D eigenvalue weighted by Gasteiger charge is -2.18. The van der Waals surface area contributed by atoms with Gasteiger partial charge in [0.1, 0.15) is 6.04 Å². The van der Waals surface area contributed by atoms with E-state index in [0.29, 0.717) is 0 Å². The van der Waals surface area contributed by atoms with Crippen molar-refractivity contribution in [2.45, 2.75) is 43.7 Å². The van der Waals surface area contributed by atoms with Gasteiger partial charge in [0.05, 0.1) is 4.90 Å². The van der Waals surface area contributed by atoms with E-state index >= 15 is 0 Å². The van der Waals surface area contributed by atoms with E-state index in [1.165, 1.54) is 24.3 Å². The van der Waals surface area contributed by atoms with Crippen LogP contribution in [0.2, 0.25) is 0 Å². The third-order valence-electron chi connectivity index (χ3n) is 3.55. The summed E-state index contributed by atoms with van der Waals surface area (Å²) < 4.78 is 26.6. The average molecular weight is 340 g/mol. The summed E-state index contributed by atoms with van der Waals surface area (Å²) in [6, 6.07) is 4.43. The molecule has 1 atom stereocenters. The van der Waals surface area contributed by atoms with Gasteiger partial charge in [0.25, 0.3) is 5.91 Å². The highest BCUT2D eigenvalue weighted by molar-refractivity contribution is 7.89. The molecule has 1 amide bonds. The number of benzene rings is 1. The van der Waals surface area contributed by atoms with Crippen molar-refractivity contribution in [1.82, 2.24) is 10.0 Å². The number of carbonyl (C=O) groups is 2. The van der Waals surface area contributed by atoms with Gasteiger partial charge in [-0.25, -0.2) is 17.9 Å². The zero-order valence-electron chi connectivity index (χ0n) is 12.9. The Balaban J connectivity index is 2.09. The molecule has 0 bridgehead atoms. The third kappa shape index (κ3) is 4.52. The van der Waals surface area contributed by atoms with E-state index in [0.717, 1.165) is 12.8 Å². The Morgan fingerprint density at radius 3 is 2.17 bits per heavy atom. The minimum Gasteiger partial charge on any atom is -0.480 e. The molecule has 1 aliphatic carbocycles. The Labute approximate surface area is 135 Å². The van der Waals surface area contributed by atoms with Gasteiger partial charge in [0.15, 0.2) is 0 Å². The van der Waals surface area contributed by atoms with E-state index in [4.69, 9.17) is 5.11 Å². The van der Waals surface area contributed by atoms with Gasteiger partial charge in [0, 0.05) is 11.6 Å². The first-order valence-electron chi connectivity index (χ1n) is 7.37. The smallest absolute Gasteiger partial charge is 0.326 e. The van der Waals surface area contributed by atoms with Crippen LogP contribution in [0.3, 0.4) is 0 Å². The molecule has 1 aromatic carbocycles. The summed E-state index contributed by atoms with van der Waals surface area (Å²) in [4.78, 5) is 23.3. The second-order valence-corrected chi connectivity index (χ2v) is 7.67. The minimum absolute atomic E-state index is 0.00495. The maximum absolute atomic E-state index is 12.1. The molecule has 2 rings (SSSR count). The number of sulfonamides is 1. The fourth-order valence-electron chi connectivity index (χ4n) is 2.01. The first-order valence-corrected chi connectivity index (χ1v) is 8.85. The molecule has 1 aliphatic rings. The van der Waals surface area contributed by atoms with Crippen LogP contribution in [0.5, 0.6) is 0 Å². The molecule has 23 heavy (non-hydrogen) atoms. The average Bonchev–Trinajstić information content (AvgIpc) is 3.27. The van der Waals surface area contributed by atoms with Gasteiger partial charge in [-0.15, -0.1) is 0 Å². The van der Waals surface area contributed by atoms with Crippen molar-refractivity contribution in [2.24, 2.45) is 5.92 Å². The molecule has 0 saturated heterocycles. The lowest BCUT2D eigenvalue weighted by atomic mass is 10.0. The highest BCUT2D eigenvalue weighted by Gasteiger charge is 2.28. The standard InChI is InChI=1S/C15H20N2O5S/c1-9(2)13(15(19)20)16-14(18)10-3-7-12(8-4-10)23(21,22)17-11-5-6-11/h3-4,7-9,11,13,17H,5-6H2,1-2H3,(H,16,18)(H,19,20). The van der Waals surface area contributed by atoms with Crippen molar-refractivity contribution < 1.29 is 23.1 Å². The summed E-state index contributed by atoms with van der Waals surface area (Å²) in [6.45, 7) is 3.39. The topological polar surface area (TPSA) is 113 Å². The fourth-order valence-corrected chi connectivity index (χ4v) is 3.32. The van der Waals surface area contributed by atoms with Gasteiger partial charge >= 0.3 is 5.97 Å². The van der Waals surface area contributed by atoms with Gasteiger partial charge in [0.2, 0.25) is 10.0 Å². The number of hydrogen-bond acceptors (Lipinski definition) is 4. The van der Waals surface area contributed by atoms with Crippen LogP contribution in [0.4, 0.5) is 0 Å². The Bertz CT molecular complexity index is 693. The van der Waals surface area contributed by atoms with Crippen LogP contribution >= 0.6 is 0 Å². The van der Waals surface area contributed by atoms with Gasteiger partial charge < -0.3 is 10.4 Å². The van der Waals surface area contributed by atoms with Crippen molar-refractivity contribution >= 4 is 21.9 Å². The van der Waals surface area contributed by atoms with Gasteiger partial charge in [-0.1, -0.05) is 13.8 Å². The predicted molar refractivity (Wildman–Crippen MR) is 83.5 cm³/mol. The van der Waals surface area contributed by atoms with E-state index in [2.05, 4.69) is 10.0 Å². The maximum Gasteiger partial charge on any atom is 0.326 e. The summed E-state index contributed by atoms with van der Waals surface area (Å²) in [6.07, 6.45) is 1.68. The monoisotopic (exact) mass is 340 g/mol. The van der Waals surface area contributed by atoms with Crippen molar-refractivity contribution in [3.05, 3.63) is 29.8 Å². The Morgan fingerprint density at radius 1 is 1.17 bits per heavy atom. The van der Waals surface area contributed by atoms with Crippen LogP contribution in [0.15, 0.2) is 29.2 Å². The molecule has 3 N–H and O–H groups in total. The number of carbonyl (C=O) groups excluding carboxylic acids is 1. The van der Waals surface area contributed by atoms with Crippen LogP contribution in [0.1, 0.15) is 37.0 Å². The summed E-state index contributed by atoms with van der Waals surface area (Å²) in [5.74, 6) is -1.93. The molecule has 8 heteroatoms. The second-order valence-electron chi connectivity index (χ2n) is 5.95. The van der Waals surface area contributed by atoms with Crippen LogP contribution in [0.25, 0.3) is 0 Å². The Kier molecular flexibility index (Phi) is 5.06. The fraction of sp³-hybridized carbons (Fsp3) is 0.467. The molecular weight excluding hydrogens is 320 g/mol. The number of amides is 1. The second kappa shape index (κ2) is 6.67. The Morgan fingerprint density at radius 2 is 1.74 bits per heavy atom. The number of nitrogens with one attached hydrogen (secondary N) is 2. The van der Waals surface area contributed by atoms with Crippen LogP contribution < -0.4 is 10.0 Å². The molecule has 1 saturated carbocycles. The molecular formula is C15H20N2O5S. The molecule has 0 aromatic heterocycles.